The first-order valence-corrected chi connectivity index (χ1v) is 10.1. The molecule has 2 heterocycles. The molecule has 0 aliphatic carbocycles. The normalized spacial score (nSPS) is 11.9. The van der Waals surface area contributed by atoms with E-state index in [4.69, 9.17) is 9.84 Å². The number of aromatic carboxylic acids is 1. The number of nitrogens with zero attached hydrogens (tertiary/aromatic N) is 4. The molecule has 0 unspecified atom stereocenters. The first-order valence-electron chi connectivity index (χ1n) is 6.35. The number of carboxylic acid groups (broad SMARTS) is 1. The Kier molecular flexibility index (Phi) is 4.14. The number of hydrogen-bond donors (Lipinski definition) is 1. The molecule has 2 aromatic heterocycles. The number of rotatable bonds is 6. The molecule has 2 rings (SSSR count). The lowest BCUT2D eigenvalue weighted by molar-refractivity contribution is 0.0689. The zero-order chi connectivity index (χ0) is 14.8. The number of carbonyl (C=O) groups is 1. The average Bonchev–Trinajstić information content (AvgIpc) is 2.76. The van der Waals surface area contributed by atoms with Crippen LogP contribution in [-0.4, -0.2) is 45.3 Å². The molecule has 0 atom stereocenters. The summed E-state index contributed by atoms with van der Waals surface area (Å²) in [5.74, 6) is -1.10. The number of ether oxygens (including phenoxy) is 1. The lowest BCUT2D eigenvalue weighted by Gasteiger charge is -2.15. The summed E-state index contributed by atoms with van der Waals surface area (Å²) in [6.45, 7) is 7.75. The molecule has 2 aromatic rings. The highest BCUT2D eigenvalue weighted by atomic mass is 28.3. The van der Waals surface area contributed by atoms with E-state index in [0.29, 0.717) is 17.8 Å². The number of carboxylic acids is 1. The fourth-order valence-electron chi connectivity index (χ4n) is 1.71. The molecule has 0 amide bonds. The highest BCUT2D eigenvalue weighted by Crippen LogP contribution is 2.14. The van der Waals surface area contributed by atoms with Crippen LogP contribution in [-0.2, 0) is 11.5 Å². The number of imidazole rings is 1. The van der Waals surface area contributed by atoms with Gasteiger partial charge in [-0.05, 0) is 6.04 Å². The highest BCUT2D eigenvalue weighted by molar-refractivity contribution is 6.76. The minimum absolute atomic E-state index is 0.0544. The highest BCUT2D eigenvalue weighted by Gasteiger charge is 2.16. The van der Waals surface area contributed by atoms with Gasteiger partial charge in [0.1, 0.15) is 18.6 Å². The Morgan fingerprint density at radius 1 is 1.35 bits per heavy atom. The molecular formula is C12H18N4O3Si. The summed E-state index contributed by atoms with van der Waals surface area (Å²) < 4.78 is 7.23. The van der Waals surface area contributed by atoms with Gasteiger partial charge in [0.25, 0.3) is 0 Å². The molecule has 108 valence electrons. The topological polar surface area (TPSA) is 90.1 Å². The van der Waals surface area contributed by atoms with Crippen LogP contribution in [0, 0.1) is 0 Å². The third-order valence-corrected chi connectivity index (χ3v) is 4.54. The van der Waals surface area contributed by atoms with E-state index < -0.39 is 14.0 Å². The number of fused-ring (bicyclic) bond motifs is 1. The summed E-state index contributed by atoms with van der Waals surface area (Å²) in [5.41, 5.74) is 0.709. The van der Waals surface area contributed by atoms with E-state index in [1.54, 1.807) is 4.57 Å². The molecule has 0 aliphatic rings. The molecule has 0 aromatic carbocycles. The number of aromatic nitrogens is 4. The van der Waals surface area contributed by atoms with Gasteiger partial charge in [0.2, 0.25) is 0 Å². The van der Waals surface area contributed by atoms with Crippen LogP contribution < -0.4 is 0 Å². The maximum Gasteiger partial charge on any atom is 0.356 e. The molecule has 0 fully saturated rings. The van der Waals surface area contributed by atoms with Crippen molar-refractivity contribution in [2.45, 2.75) is 32.4 Å². The summed E-state index contributed by atoms with van der Waals surface area (Å²) in [6, 6.07) is 1.06. The molecule has 1 N–H and O–H groups in total. The van der Waals surface area contributed by atoms with Gasteiger partial charge in [0, 0.05) is 14.7 Å². The summed E-state index contributed by atoms with van der Waals surface area (Å²) in [4.78, 5) is 23.0. The Morgan fingerprint density at radius 3 is 2.75 bits per heavy atom. The average molecular weight is 294 g/mol. The third-order valence-electron chi connectivity index (χ3n) is 2.84. The van der Waals surface area contributed by atoms with Crippen molar-refractivity contribution in [3.63, 3.8) is 0 Å². The van der Waals surface area contributed by atoms with Crippen molar-refractivity contribution >= 4 is 25.2 Å². The molecule has 0 spiro atoms. The fraction of sp³-hybridized carbons (Fsp3) is 0.500. The minimum atomic E-state index is -1.13. The van der Waals surface area contributed by atoms with Crippen LogP contribution in [0.3, 0.4) is 0 Å². The summed E-state index contributed by atoms with van der Waals surface area (Å²) in [6.07, 6.45) is 2.73. The van der Waals surface area contributed by atoms with Crippen molar-refractivity contribution < 1.29 is 14.6 Å². The minimum Gasteiger partial charge on any atom is -0.476 e. The predicted octanol–water partition coefficient (Wildman–Crippen LogP) is 1.84. The van der Waals surface area contributed by atoms with Crippen LogP contribution in [0.5, 0.6) is 0 Å². The molecule has 0 saturated heterocycles. The second-order valence-electron chi connectivity index (χ2n) is 5.76. The van der Waals surface area contributed by atoms with Crippen LogP contribution in [0.4, 0.5) is 0 Å². The van der Waals surface area contributed by atoms with Crippen molar-refractivity contribution in [3.05, 3.63) is 18.3 Å². The molecule has 7 nitrogen and oxygen atoms in total. The van der Waals surface area contributed by atoms with Gasteiger partial charge in [0.15, 0.2) is 11.3 Å². The molecule has 0 bridgehead atoms. The van der Waals surface area contributed by atoms with Crippen LogP contribution in [0.25, 0.3) is 11.2 Å². The molecule has 0 saturated carbocycles. The summed E-state index contributed by atoms with van der Waals surface area (Å²) >= 11 is 0. The maximum atomic E-state index is 11.2. The smallest absolute Gasteiger partial charge is 0.356 e. The largest absolute Gasteiger partial charge is 0.476 e. The van der Waals surface area contributed by atoms with Gasteiger partial charge >= 0.3 is 5.97 Å². The monoisotopic (exact) mass is 294 g/mol. The second-order valence-corrected chi connectivity index (χ2v) is 11.4. The van der Waals surface area contributed by atoms with Gasteiger partial charge in [-0.1, -0.05) is 19.6 Å². The Balaban J connectivity index is 2.13. The number of hydrogen-bond acceptors (Lipinski definition) is 5. The SMILES string of the molecule is C[Si](C)(C)CCOCn1cnc2ncnc(C(=O)O)c21. The first kappa shape index (κ1) is 14.6. The van der Waals surface area contributed by atoms with Gasteiger partial charge in [-0.25, -0.2) is 19.7 Å². The van der Waals surface area contributed by atoms with Crippen molar-refractivity contribution in [2.24, 2.45) is 0 Å². The molecule has 0 aliphatic heterocycles. The van der Waals surface area contributed by atoms with E-state index in [0.717, 1.165) is 6.04 Å². The van der Waals surface area contributed by atoms with Crippen LogP contribution in [0.2, 0.25) is 25.7 Å². The Hall–Kier alpha value is -1.80. The molecule has 8 heteroatoms. The van der Waals surface area contributed by atoms with Gasteiger partial charge < -0.3 is 14.4 Å². The van der Waals surface area contributed by atoms with E-state index >= 15 is 0 Å². The molecule has 0 radical (unpaired) electrons. The predicted molar refractivity (Wildman–Crippen MR) is 76.4 cm³/mol. The Morgan fingerprint density at radius 2 is 2.10 bits per heavy atom. The lowest BCUT2D eigenvalue weighted by Crippen LogP contribution is -2.22. The van der Waals surface area contributed by atoms with Crippen molar-refractivity contribution in [1.29, 1.82) is 0 Å². The summed E-state index contributed by atoms with van der Waals surface area (Å²) in [5, 5.41) is 9.14. The van der Waals surface area contributed by atoms with Gasteiger partial charge in [-0.15, -0.1) is 0 Å². The van der Waals surface area contributed by atoms with Crippen LogP contribution >= 0.6 is 0 Å². The maximum absolute atomic E-state index is 11.2. The van der Waals surface area contributed by atoms with Crippen molar-refractivity contribution in [1.82, 2.24) is 19.5 Å². The molecule has 20 heavy (non-hydrogen) atoms. The molecular weight excluding hydrogens is 276 g/mol. The quantitative estimate of drug-likeness (QED) is 0.646. The van der Waals surface area contributed by atoms with Crippen LogP contribution in [0.1, 0.15) is 10.5 Å². The van der Waals surface area contributed by atoms with Crippen molar-refractivity contribution in [2.75, 3.05) is 6.61 Å². The van der Waals surface area contributed by atoms with E-state index in [-0.39, 0.29) is 12.4 Å². The van der Waals surface area contributed by atoms with Gasteiger partial charge in [0.05, 0.1) is 6.33 Å². The zero-order valence-corrected chi connectivity index (χ0v) is 12.8. The summed E-state index contributed by atoms with van der Waals surface area (Å²) in [7, 11) is -1.13. The van der Waals surface area contributed by atoms with Gasteiger partial charge in [-0.2, -0.15) is 0 Å². The fourth-order valence-corrected chi connectivity index (χ4v) is 2.46. The van der Waals surface area contributed by atoms with Gasteiger partial charge in [-0.3, -0.25) is 0 Å². The zero-order valence-electron chi connectivity index (χ0n) is 11.8. The first-order chi connectivity index (χ1) is 9.38. The van der Waals surface area contributed by atoms with E-state index in [2.05, 4.69) is 34.6 Å². The standard InChI is InChI=1S/C12H18N4O3Si/c1-20(2,3)5-4-19-8-16-7-15-11-10(16)9(12(17)18)13-6-14-11/h6-7H,4-5,8H2,1-3H3,(H,17,18). The third kappa shape index (κ3) is 3.39. The van der Waals surface area contributed by atoms with E-state index in [1.165, 1.54) is 12.7 Å². The Labute approximate surface area is 117 Å². The van der Waals surface area contributed by atoms with E-state index in [9.17, 15) is 4.79 Å². The van der Waals surface area contributed by atoms with Crippen molar-refractivity contribution in [3.8, 4) is 0 Å². The lowest BCUT2D eigenvalue weighted by atomic mass is 10.3. The second kappa shape index (κ2) is 5.67. The van der Waals surface area contributed by atoms with Crippen LogP contribution in [0.15, 0.2) is 12.7 Å². The van der Waals surface area contributed by atoms with E-state index in [1.807, 2.05) is 0 Å². The Bertz CT molecular complexity index is 621.